The van der Waals surface area contributed by atoms with Gasteiger partial charge in [-0.1, -0.05) is 48.5 Å². The van der Waals surface area contributed by atoms with Gasteiger partial charge in [-0.2, -0.15) is 5.26 Å². The van der Waals surface area contributed by atoms with E-state index in [1.165, 1.54) is 0 Å². The number of rotatable bonds is 3. The Labute approximate surface area is 128 Å². The maximum absolute atomic E-state index is 12.1. The molecule has 0 saturated heterocycles. The van der Waals surface area contributed by atoms with Crippen LogP contribution in [0.25, 0.3) is 10.8 Å². The fraction of sp³-hybridized carbons (Fsp3) is 0.0526. The second-order valence-electron chi connectivity index (χ2n) is 5.10. The van der Waals surface area contributed by atoms with E-state index < -0.39 is 0 Å². The van der Waals surface area contributed by atoms with E-state index in [1.807, 2.05) is 42.5 Å². The molecule has 3 aromatic carbocycles. The third-order valence-electron chi connectivity index (χ3n) is 3.45. The number of benzene rings is 3. The molecule has 0 aliphatic carbocycles. The first-order valence-corrected chi connectivity index (χ1v) is 7.02. The van der Waals surface area contributed by atoms with Crippen LogP contribution in [0, 0.1) is 11.3 Å². The van der Waals surface area contributed by atoms with Gasteiger partial charge in [0.05, 0.1) is 18.1 Å². The van der Waals surface area contributed by atoms with Gasteiger partial charge in [-0.15, -0.1) is 0 Å². The topological polar surface area (TPSA) is 52.9 Å². The molecule has 3 rings (SSSR count). The van der Waals surface area contributed by atoms with Crippen molar-refractivity contribution in [1.82, 2.24) is 0 Å². The molecule has 0 saturated carbocycles. The molecule has 1 amide bonds. The van der Waals surface area contributed by atoms with Gasteiger partial charge in [0.1, 0.15) is 0 Å². The summed E-state index contributed by atoms with van der Waals surface area (Å²) in [4.78, 5) is 12.1. The number of hydrogen-bond donors (Lipinski definition) is 1. The number of nitrogens with zero attached hydrogens (tertiary/aromatic N) is 1. The van der Waals surface area contributed by atoms with Crippen molar-refractivity contribution in [2.45, 2.75) is 6.42 Å². The normalized spacial score (nSPS) is 10.1. The number of fused-ring (bicyclic) bond motifs is 1. The van der Waals surface area contributed by atoms with E-state index in [2.05, 4.69) is 11.4 Å². The van der Waals surface area contributed by atoms with Gasteiger partial charge in [0.2, 0.25) is 5.91 Å². The molecule has 0 heterocycles. The monoisotopic (exact) mass is 286 g/mol. The highest BCUT2D eigenvalue weighted by Gasteiger charge is 2.05. The minimum atomic E-state index is -0.0922. The summed E-state index contributed by atoms with van der Waals surface area (Å²) < 4.78 is 0. The maximum atomic E-state index is 12.1. The summed E-state index contributed by atoms with van der Waals surface area (Å²) >= 11 is 0. The highest BCUT2D eigenvalue weighted by Crippen LogP contribution is 2.16. The van der Waals surface area contributed by atoms with Gasteiger partial charge in [0.15, 0.2) is 0 Å². The number of nitriles is 1. The van der Waals surface area contributed by atoms with Crippen molar-refractivity contribution in [2.75, 3.05) is 5.32 Å². The van der Waals surface area contributed by atoms with Crippen molar-refractivity contribution in [3.63, 3.8) is 0 Å². The lowest BCUT2D eigenvalue weighted by Crippen LogP contribution is -2.14. The summed E-state index contributed by atoms with van der Waals surface area (Å²) in [5.74, 6) is -0.0922. The van der Waals surface area contributed by atoms with Crippen LogP contribution < -0.4 is 5.32 Å². The second-order valence-corrected chi connectivity index (χ2v) is 5.10. The first kappa shape index (κ1) is 13.8. The number of nitrogens with one attached hydrogen (secondary N) is 1. The van der Waals surface area contributed by atoms with Crippen molar-refractivity contribution in [2.24, 2.45) is 0 Å². The molecule has 3 nitrogen and oxygen atoms in total. The zero-order valence-corrected chi connectivity index (χ0v) is 11.9. The molecule has 0 bridgehead atoms. The first-order chi connectivity index (χ1) is 10.7. The molecule has 0 spiro atoms. The Balaban J connectivity index is 1.74. The van der Waals surface area contributed by atoms with Gasteiger partial charge < -0.3 is 5.32 Å². The van der Waals surface area contributed by atoms with E-state index in [-0.39, 0.29) is 5.91 Å². The largest absolute Gasteiger partial charge is 0.326 e. The SMILES string of the molecule is N#Cc1cccc(NC(=O)Cc2ccc3ccccc3c2)c1. The molecule has 22 heavy (non-hydrogen) atoms. The Bertz CT molecular complexity index is 878. The minimum Gasteiger partial charge on any atom is -0.326 e. The summed E-state index contributed by atoms with van der Waals surface area (Å²) in [5, 5.41) is 14.0. The average molecular weight is 286 g/mol. The molecule has 0 aliphatic rings. The summed E-state index contributed by atoms with van der Waals surface area (Å²) in [7, 11) is 0. The van der Waals surface area contributed by atoms with Crippen LogP contribution in [0.3, 0.4) is 0 Å². The molecule has 0 fully saturated rings. The van der Waals surface area contributed by atoms with Gasteiger partial charge in [0, 0.05) is 5.69 Å². The summed E-state index contributed by atoms with van der Waals surface area (Å²) in [5.41, 5.74) is 2.14. The zero-order valence-electron chi connectivity index (χ0n) is 11.9. The summed E-state index contributed by atoms with van der Waals surface area (Å²) in [6, 6.07) is 23.0. The number of hydrogen-bond acceptors (Lipinski definition) is 2. The van der Waals surface area contributed by atoms with E-state index >= 15 is 0 Å². The van der Waals surface area contributed by atoms with Gasteiger partial charge in [-0.25, -0.2) is 0 Å². The molecule has 106 valence electrons. The van der Waals surface area contributed by atoms with Crippen LogP contribution >= 0.6 is 0 Å². The van der Waals surface area contributed by atoms with Gasteiger partial charge in [-0.3, -0.25) is 4.79 Å². The number of anilines is 1. The standard InChI is InChI=1S/C19H14N2O/c20-13-15-4-3-7-18(11-15)21-19(22)12-14-8-9-16-5-1-2-6-17(16)10-14/h1-11H,12H2,(H,21,22). The fourth-order valence-electron chi connectivity index (χ4n) is 2.41. The highest BCUT2D eigenvalue weighted by molar-refractivity contribution is 5.93. The van der Waals surface area contributed by atoms with Gasteiger partial charge in [-0.05, 0) is 34.5 Å². The Hall–Kier alpha value is -3.12. The maximum Gasteiger partial charge on any atom is 0.228 e. The molecule has 0 unspecified atom stereocenters. The molecular weight excluding hydrogens is 272 g/mol. The lowest BCUT2D eigenvalue weighted by atomic mass is 10.0. The quantitative estimate of drug-likeness (QED) is 0.794. The van der Waals surface area contributed by atoms with E-state index in [9.17, 15) is 4.79 Å². The van der Waals surface area contributed by atoms with Crippen LogP contribution in [-0.4, -0.2) is 5.91 Å². The minimum absolute atomic E-state index is 0.0922. The van der Waals surface area contributed by atoms with Gasteiger partial charge in [0.25, 0.3) is 0 Å². The number of carbonyl (C=O) groups excluding carboxylic acids is 1. The molecule has 3 aromatic rings. The van der Waals surface area contributed by atoms with Crippen molar-refractivity contribution in [3.8, 4) is 6.07 Å². The van der Waals surface area contributed by atoms with Crippen molar-refractivity contribution in [3.05, 3.63) is 77.9 Å². The van der Waals surface area contributed by atoms with Crippen molar-refractivity contribution >= 4 is 22.4 Å². The predicted octanol–water partition coefficient (Wildman–Crippen LogP) is 3.89. The smallest absolute Gasteiger partial charge is 0.228 e. The van der Waals surface area contributed by atoms with Crippen LogP contribution in [0.1, 0.15) is 11.1 Å². The predicted molar refractivity (Wildman–Crippen MR) is 87.4 cm³/mol. The van der Waals surface area contributed by atoms with Crippen molar-refractivity contribution in [1.29, 1.82) is 5.26 Å². The number of carbonyl (C=O) groups is 1. The average Bonchev–Trinajstić information content (AvgIpc) is 2.55. The third kappa shape index (κ3) is 3.13. The molecule has 0 radical (unpaired) electrons. The van der Waals surface area contributed by atoms with E-state index in [0.717, 1.165) is 16.3 Å². The fourth-order valence-corrected chi connectivity index (χ4v) is 2.41. The lowest BCUT2D eigenvalue weighted by Gasteiger charge is -2.06. The second kappa shape index (κ2) is 6.11. The highest BCUT2D eigenvalue weighted by atomic mass is 16.1. The van der Waals surface area contributed by atoms with Crippen LogP contribution in [0.4, 0.5) is 5.69 Å². The van der Waals surface area contributed by atoms with E-state index in [4.69, 9.17) is 5.26 Å². The molecule has 1 N–H and O–H groups in total. The molecule has 0 atom stereocenters. The lowest BCUT2D eigenvalue weighted by molar-refractivity contribution is -0.115. The van der Waals surface area contributed by atoms with E-state index in [0.29, 0.717) is 17.7 Å². The van der Waals surface area contributed by atoms with Crippen molar-refractivity contribution < 1.29 is 4.79 Å². The zero-order chi connectivity index (χ0) is 15.4. The van der Waals surface area contributed by atoms with Crippen LogP contribution in [0.2, 0.25) is 0 Å². The Morgan fingerprint density at radius 3 is 2.59 bits per heavy atom. The first-order valence-electron chi connectivity index (χ1n) is 7.02. The molecule has 0 aromatic heterocycles. The molecule has 0 aliphatic heterocycles. The Morgan fingerprint density at radius 2 is 1.77 bits per heavy atom. The Kier molecular flexibility index (Phi) is 3.84. The molecular formula is C19H14N2O. The summed E-state index contributed by atoms with van der Waals surface area (Å²) in [6.07, 6.45) is 0.307. The van der Waals surface area contributed by atoms with Crippen LogP contribution in [0.15, 0.2) is 66.7 Å². The Morgan fingerprint density at radius 1 is 0.955 bits per heavy atom. The molecule has 3 heteroatoms. The van der Waals surface area contributed by atoms with Gasteiger partial charge >= 0.3 is 0 Å². The third-order valence-corrected chi connectivity index (χ3v) is 3.45. The van der Waals surface area contributed by atoms with E-state index in [1.54, 1.807) is 24.3 Å². The van der Waals surface area contributed by atoms with Crippen LogP contribution in [-0.2, 0) is 11.2 Å². The number of amides is 1. The summed E-state index contributed by atoms with van der Waals surface area (Å²) in [6.45, 7) is 0. The van der Waals surface area contributed by atoms with Crippen LogP contribution in [0.5, 0.6) is 0 Å².